The summed E-state index contributed by atoms with van der Waals surface area (Å²) in [5, 5.41) is 2.44. The van der Waals surface area contributed by atoms with E-state index in [2.05, 4.69) is 10.1 Å². The summed E-state index contributed by atoms with van der Waals surface area (Å²) >= 11 is 0. The average Bonchev–Trinajstić information content (AvgIpc) is 2.42. The summed E-state index contributed by atoms with van der Waals surface area (Å²) in [6.07, 6.45) is 0. The van der Waals surface area contributed by atoms with E-state index < -0.39 is 23.4 Å². The van der Waals surface area contributed by atoms with Crippen LogP contribution in [0.2, 0.25) is 0 Å². The number of ether oxygens (including phenoxy) is 2. The highest BCUT2D eigenvalue weighted by Gasteiger charge is 2.17. The van der Waals surface area contributed by atoms with Gasteiger partial charge in [-0.2, -0.15) is 0 Å². The van der Waals surface area contributed by atoms with Crippen molar-refractivity contribution in [3.63, 3.8) is 0 Å². The molecule has 0 saturated carbocycles. The zero-order valence-corrected chi connectivity index (χ0v) is 12.6. The van der Waals surface area contributed by atoms with Crippen molar-refractivity contribution >= 4 is 17.8 Å². The second-order valence-electron chi connectivity index (χ2n) is 5.34. The number of hydrogen-bond acceptors (Lipinski definition) is 5. The van der Waals surface area contributed by atoms with Crippen LogP contribution in [-0.4, -0.2) is 37.1 Å². The van der Waals surface area contributed by atoms with E-state index in [1.54, 1.807) is 26.8 Å². The molecule has 0 saturated heterocycles. The van der Waals surface area contributed by atoms with Crippen LogP contribution >= 0.6 is 0 Å². The largest absolute Gasteiger partial charge is 0.465 e. The fourth-order valence-corrected chi connectivity index (χ4v) is 1.54. The first-order valence-electron chi connectivity index (χ1n) is 6.41. The van der Waals surface area contributed by atoms with Gasteiger partial charge in [-0.3, -0.25) is 9.59 Å². The Bertz CT molecular complexity index is 545. The van der Waals surface area contributed by atoms with Gasteiger partial charge in [0.15, 0.2) is 0 Å². The third-order valence-corrected chi connectivity index (χ3v) is 2.36. The molecule has 0 fully saturated rings. The van der Waals surface area contributed by atoms with Crippen LogP contribution in [0, 0.1) is 0 Å². The summed E-state index contributed by atoms with van der Waals surface area (Å²) in [5.74, 6) is -1.52. The van der Waals surface area contributed by atoms with Crippen molar-refractivity contribution in [3.8, 4) is 0 Å². The SMILES string of the molecule is COC(=O)c1cccc(C(=O)NCC(=O)OC(C)(C)C)c1. The van der Waals surface area contributed by atoms with E-state index in [1.807, 2.05) is 0 Å². The van der Waals surface area contributed by atoms with E-state index in [-0.39, 0.29) is 17.7 Å². The number of rotatable bonds is 4. The zero-order valence-electron chi connectivity index (χ0n) is 12.6. The summed E-state index contributed by atoms with van der Waals surface area (Å²) in [5.41, 5.74) is -0.0732. The maximum atomic E-state index is 11.9. The Hall–Kier alpha value is -2.37. The minimum Gasteiger partial charge on any atom is -0.465 e. The van der Waals surface area contributed by atoms with Gasteiger partial charge >= 0.3 is 11.9 Å². The predicted molar refractivity (Wildman–Crippen MR) is 76.0 cm³/mol. The monoisotopic (exact) mass is 293 g/mol. The van der Waals surface area contributed by atoms with E-state index in [0.29, 0.717) is 0 Å². The molecule has 1 aromatic carbocycles. The van der Waals surface area contributed by atoms with E-state index in [1.165, 1.54) is 25.3 Å². The molecule has 0 spiro atoms. The van der Waals surface area contributed by atoms with E-state index in [4.69, 9.17) is 4.74 Å². The molecule has 0 aliphatic heterocycles. The molecule has 6 heteroatoms. The van der Waals surface area contributed by atoms with Crippen LogP contribution in [-0.2, 0) is 14.3 Å². The van der Waals surface area contributed by atoms with Crippen LogP contribution in [0.5, 0.6) is 0 Å². The molecule has 0 aliphatic rings. The van der Waals surface area contributed by atoms with E-state index in [0.717, 1.165) is 0 Å². The van der Waals surface area contributed by atoms with Crippen molar-refractivity contribution in [2.24, 2.45) is 0 Å². The van der Waals surface area contributed by atoms with Gasteiger partial charge in [-0.15, -0.1) is 0 Å². The van der Waals surface area contributed by atoms with Crippen molar-refractivity contribution < 1.29 is 23.9 Å². The number of methoxy groups -OCH3 is 1. The van der Waals surface area contributed by atoms with Crippen LogP contribution in [0.4, 0.5) is 0 Å². The molecule has 1 aromatic rings. The number of benzene rings is 1. The Morgan fingerprint density at radius 2 is 1.76 bits per heavy atom. The normalized spacial score (nSPS) is 10.7. The Labute approximate surface area is 123 Å². The predicted octanol–water partition coefficient (Wildman–Crippen LogP) is 1.54. The van der Waals surface area contributed by atoms with Gasteiger partial charge < -0.3 is 14.8 Å². The fraction of sp³-hybridized carbons (Fsp3) is 0.400. The topological polar surface area (TPSA) is 81.7 Å². The Morgan fingerprint density at radius 1 is 1.14 bits per heavy atom. The third-order valence-electron chi connectivity index (χ3n) is 2.36. The van der Waals surface area contributed by atoms with Gasteiger partial charge in [0.2, 0.25) is 0 Å². The number of amides is 1. The van der Waals surface area contributed by atoms with Crippen LogP contribution in [0.25, 0.3) is 0 Å². The number of hydrogen-bond donors (Lipinski definition) is 1. The highest BCUT2D eigenvalue weighted by atomic mass is 16.6. The summed E-state index contributed by atoms with van der Waals surface area (Å²) in [4.78, 5) is 34.8. The van der Waals surface area contributed by atoms with Gasteiger partial charge in [0.1, 0.15) is 12.1 Å². The molecule has 1 amide bonds. The molecule has 0 bridgehead atoms. The molecule has 6 nitrogen and oxygen atoms in total. The second kappa shape index (κ2) is 6.88. The lowest BCUT2D eigenvalue weighted by Gasteiger charge is -2.19. The van der Waals surface area contributed by atoms with Crippen LogP contribution in [0.15, 0.2) is 24.3 Å². The van der Waals surface area contributed by atoms with Gasteiger partial charge in [0, 0.05) is 5.56 Å². The third kappa shape index (κ3) is 5.64. The Kier molecular flexibility index (Phi) is 5.46. The van der Waals surface area contributed by atoms with E-state index in [9.17, 15) is 14.4 Å². The maximum absolute atomic E-state index is 11.9. The summed E-state index contributed by atoms with van der Waals surface area (Å²) in [6, 6.07) is 6.04. The highest BCUT2D eigenvalue weighted by molar-refractivity contribution is 5.98. The smallest absolute Gasteiger partial charge is 0.337 e. The minimum atomic E-state index is -0.605. The number of carbonyl (C=O) groups excluding carboxylic acids is 3. The average molecular weight is 293 g/mol. The molecule has 0 atom stereocenters. The molecular formula is C15H19NO5. The molecule has 1 N–H and O–H groups in total. The first-order valence-corrected chi connectivity index (χ1v) is 6.41. The number of nitrogens with one attached hydrogen (secondary N) is 1. The molecule has 0 radical (unpaired) electrons. The van der Waals surface area contributed by atoms with Crippen molar-refractivity contribution in [2.75, 3.05) is 13.7 Å². The number of carbonyl (C=O) groups is 3. The lowest BCUT2D eigenvalue weighted by Crippen LogP contribution is -2.34. The van der Waals surface area contributed by atoms with Crippen molar-refractivity contribution in [1.82, 2.24) is 5.32 Å². The fourth-order valence-electron chi connectivity index (χ4n) is 1.54. The van der Waals surface area contributed by atoms with Gasteiger partial charge in [0.05, 0.1) is 12.7 Å². The van der Waals surface area contributed by atoms with Gasteiger partial charge in [-0.1, -0.05) is 6.07 Å². The molecule has 114 valence electrons. The maximum Gasteiger partial charge on any atom is 0.337 e. The Morgan fingerprint density at radius 3 is 2.33 bits per heavy atom. The van der Waals surface area contributed by atoms with Gasteiger partial charge in [0.25, 0.3) is 5.91 Å². The van der Waals surface area contributed by atoms with Crippen LogP contribution < -0.4 is 5.32 Å². The van der Waals surface area contributed by atoms with Gasteiger partial charge in [-0.25, -0.2) is 4.79 Å². The molecule has 0 aromatic heterocycles. The van der Waals surface area contributed by atoms with Crippen molar-refractivity contribution in [1.29, 1.82) is 0 Å². The molecule has 0 unspecified atom stereocenters. The lowest BCUT2D eigenvalue weighted by molar-refractivity contribution is -0.153. The molecular weight excluding hydrogens is 274 g/mol. The summed E-state index contributed by atoms with van der Waals surface area (Å²) < 4.78 is 9.65. The molecule has 21 heavy (non-hydrogen) atoms. The molecule has 0 aliphatic carbocycles. The van der Waals surface area contributed by atoms with Crippen molar-refractivity contribution in [3.05, 3.63) is 35.4 Å². The van der Waals surface area contributed by atoms with Gasteiger partial charge in [-0.05, 0) is 39.0 Å². The molecule has 1 rings (SSSR count). The minimum absolute atomic E-state index is 0.238. The molecule has 0 heterocycles. The standard InChI is InChI=1S/C15H19NO5/c1-15(2,3)21-12(17)9-16-13(18)10-6-5-7-11(8-10)14(19)20-4/h5-8H,9H2,1-4H3,(H,16,18). The van der Waals surface area contributed by atoms with Crippen LogP contribution in [0.3, 0.4) is 0 Å². The Balaban J connectivity index is 2.64. The highest BCUT2D eigenvalue weighted by Crippen LogP contribution is 2.08. The lowest BCUT2D eigenvalue weighted by atomic mass is 10.1. The van der Waals surface area contributed by atoms with Crippen molar-refractivity contribution in [2.45, 2.75) is 26.4 Å². The first kappa shape index (κ1) is 16.7. The zero-order chi connectivity index (χ0) is 16.0. The summed E-state index contributed by atoms with van der Waals surface area (Å²) in [7, 11) is 1.26. The van der Waals surface area contributed by atoms with Crippen LogP contribution in [0.1, 0.15) is 41.5 Å². The van der Waals surface area contributed by atoms with E-state index >= 15 is 0 Å². The number of esters is 2. The summed E-state index contributed by atoms with van der Waals surface area (Å²) in [6.45, 7) is 4.99. The second-order valence-corrected chi connectivity index (χ2v) is 5.34. The quantitative estimate of drug-likeness (QED) is 0.852. The first-order chi connectivity index (χ1) is 9.73.